The Morgan fingerprint density at radius 3 is 2.21 bits per heavy atom. The molecule has 0 bridgehead atoms. The molecule has 29 heavy (non-hydrogen) atoms. The lowest BCUT2D eigenvalue weighted by Gasteiger charge is -2.13. The number of imidazole rings is 1. The van der Waals surface area contributed by atoms with Crippen molar-refractivity contribution in [3.63, 3.8) is 0 Å². The molecule has 148 valence electrons. The second-order valence-corrected chi connectivity index (χ2v) is 7.44. The third kappa shape index (κ3) is 3.68. The molecule has 1 aromatic heterocycles. The summed E-state index contributed by atoms with van der Waals surface area (Å²) in [5, 5.41) is 0. The molecular weight excluding hydrogens is 432 g/mol. The minimum atomic E-state index is 0.560. The van der Waals surface area contributed by atoms with E-state index in [0.717, 1.165) is 38.9 Å². The van der Waals surface area contributed by atoms with Crippen LogP contribution in [-0.2, 0) is 6.42 Å². The van der Waals surface area contributed by atoms with Gasteiger partial charge in [-0.15, -0.1) is 0 Å². The van der Waals surface area contributed by atoms with E-state index in [1.165, 1.54) is 5.56 Å². The number of ether oxygens (including phenoxy) is 3. The molecule has 0 radical (unpaired) electrons. The number of hydrogen-bond donors (Lipinski definition) is 1. The smallest absolute Gasteiger partial charge is 0.203 e. The van der Waals surface area contributed by atoms with Crippen LogP contribution in [0.3, 0.4) is 0 Å². The van der Waals surface area contributed by atoms with Gasteiger partial charge >= 0.3 is 0 Å². The lowest BCUT2D eigenvalue weighted by molar-refractivity contribution is 0.324. The first kappa shape index (κ1) is 19.3. The Hall–Kier alpha value is -2.99. The van der Waals surface area contributed by atoms with Crippen molar-refractivity contribution in [3.05, 3.63) is 70.2 Å². The lowest BCUT2D eigenvalue weighted by Crippen LogP contribution is -1.96. The van der Waals surface area contributed by atoms with Gasteiger partial charge < -0.3 is 19.2 Å². The largest absolute Gasteiger partial charge is 0.493 e. The molecule has 0 saturated heterocycles. The van der Waals surface area contributed by atoms with Crippen LogP contribution in [0.2, 0.25) is 0 Å². The van der Waals surface area contributed by atoms with E-state index in [9.17, 15) is 0 Å². The minimum absolute atomic E-state index is 0.560. The van der Waals surface area contributed by atoms with Crippen molar-refractivity contribution in [2.45, 2.75) is 6.42 Å². The monoisotopic (exact) mass is 452 g/mol. The van der Waals surface area contributed by atoms with E-state index < -0.39 is 0 Å². The van der Waals surface area contributed by atoms with Crippen LogP contribution in [0.15, 0.2) is 59.1 Å². The van der Waals surface area contributed by atoms with Crippen molar-refractivity contribution >= 4 is 27.0 Å². The van der Waals surface area contributed by atoms with Crippen LogP contribution < -0.4 is 14.2 Å². The molecule has 0 saturated carbocycles. The highest BCUT2D eigenvalue weighted by Gasteiger charge is 2.17. The normalized spacial score (nSPS) is 10.9. The molecule has 3 aromatic carbocycles. The van der Waals surface area contributed by atoms with Gasteiger partial charge in [0.05, 0.1) is 32.4 Å². The second-order valence-electron chi connectivity index (χ2n) is 6.58. The number of para-hydroxylation sites is 1. The molecule has 1 N–H and O–H groups in total. The van der Waals surface area contributed by atoms with Crippen LogP contribution in [0.4, 0.5) is 0 Å². The molecule has 4 aromatic rings. The van der Waals surface area contributed by atoms with E-state index in [4.69, 9.17) is 19.2 Å². The zero-order chi connectivity index (χ0) is 20.4. The molecule has 0 aliphatic carbocycles. The molecule has 5 nitrogen and oxygen atoms in total. The van der Waals surface area contributed by atoms with Crippen molar-refractivity contribution in [1.82, 2.24) is 9.97 Å². The molecule has 0 aliphatic heterocycles. The van der Waals surface area contributed by atoms with Crippen LogP contribution in [0.5, 0.6) is 17.2 Å². The second kappa shape index (κ2) is 8.17. The number of nitrogens with one attached hydrogen (secondary N) is 1. The summed E-state index contributed by atoms with van der Waals surface area (Å²) >= 11 is 3.64. The third-order valence-electron chi connectivity index (χ3n) is 4.87. The Kier molecular flexibility index (Phi) is 5.45. The number of rotatable bonds is 6. The topological polar surface area (TPSA) is 56.4 Å². The van der Waals surface area contributed by atoms with E-state index >= 15 is 0 Å². The number of hydrogen-bond acceptors (Lipinski definition) is 4. The van der Waals surface area contributed by atoms with Crippen LogP contribution >= 0.6 is 15.9 Å². The molecule has 6 heteroatoms. The zero-order valence-corrected chi connectivity index (χ0v) is 18.0. The van der Waals surface area contributed by atoms with Gasteiger partial charge in [0.25, 0.3) is 0 Å². The summed E-state index contributed by atoms with van der Waals surface area (Å²) < 4.78 is 17.5. The molecule has 0 spiro atoms. The van der Waals surface area contributed by atoms with Crippen LogP contribution in [0.25, 0.3) is 22.4 Å². The van der Waals surface area contributed by atoms with Crippen molar-refractivity contribution in [2.24, 2.45) is 0 Å². The Morgan fingerprint density at radius 1 is 0.862 bits per heavy atom. The average Bonchev–Trinajstić information content (AvgIpc) is 3.19. The number of H-pyrrole nitrogens is 1. The van der Waals surface area contributed by atoms with Crippen molar-refractivity contribution in [3.8, 4) is 28.6 Å². The number of aromatic amines is 1. The minimum Gasteiger partial charge on any atom is -0.493 e. The summed E-state index contributed by atoms with van der Waals surface area (Å²) in [5.74, 6) is 2.50. The summed E-state index contributed by atoms with van der Waals surface area (Å²) in [4.78, 5) is 8.31. The summed E-state index contributed by atoms with van der Waals surface area (Å²) in [6.45, 7) is 0. The maximum atomic E-state index is 5.48. The van der Waals surface area contributed by atoms with Crippen molar-refractivity contribution in [1.29, 1.82) is 0 Å². The van der Waals surface area contributed by atoms with Gasteiger partial charge in [-0.1, -0.05) is 46.3 Å². The molecular formula is C23H21BrN2O3. The number of halogens is 1. The first-order chi connectivity index (χ1) is 14.1. The van der Waals surface area contributed by atoms with Gasteiger partial charge in [0.15, 0.2) is 11.5 Å². The molecule has 0 fully saturated rings. The SMILES string of the molecule is COc1cc(-c2nc3c(Cc4ccccc4Br)cccc3[nH]2)cc(OC)c1OC. The maximum Gasteiger partial charge on any atom is 0.203 e. The number of benzene rings is 3. The quantitative estimate of drug-likeness (QED) is 0.413. The van der Waals surface area contributed by atoms with Crippen LogP contribution in [0, 0.1) is 0 Å². The molecule has 0 amide bonds. The molecule has 0 atom stereocenters. The first-order valence-corrected chi connectivity index (χ1v) is 9.95. The van der Waals surface area contributed by atoms with Gasteiger partial charge in [0, 0.05) is 16.5 Å². The average molecular weight is 453 g/mol. The highest BCUT2D eigenvalue weighted by Crippen LogP contribution is 2.41. The predicted molar refractivity (Wildman–Crippen MR) is 118 cm³/mol. The first-order valence-electron chi connectivity index (χ1n) is 9.16. The Balaban J connectivity index is 1.80. The van der Waals surface area contributed by atoms with Crippen molar-refractivity contribution in [2.75, 3.05) is 21.3 Å². The number of aromatic nitrogens is 2. The van der Waals surface area contributed by atoms with Crippen molar-refractivity contribution < 1.29 is 14.2 Å². The highest BCUT2D eigenvalue weighted by molar-refractivity contribution is 9.10. The fraction of sp³-hybridized carbons (Fsp3) is 0.174. The summed E-state index contributed by atoms with van der Waals surface area (Å²) in [6.07, 6.45) is 0.790. The fourth-order valence-corrected chi connectivity index (χ4v) is 3.86. The molecule has 4 rings (SSSR count). The van der Waals surface area contributed by atoms with Crippen LogP contribution in [0.1, 0.15) is 11.1 Å². The highest BCUT2D eigenvalue weighted by atomic mass is 79.9. The fourth-order valence-electron chi connectivity index (χ4n) is 3.44. The van der Waals surface area contributed by atoms with E-state index in [0.29, 0.717) is 17.2 Å². The van der Waals surface area contributed by atoms with Gasteiger partial charge in [0.1, 0.15) is 5.82 Å². The zero-order valence-electron chi connectivity index (χ0n) is 16.5. The van der Waals surface area contributed by atoms with E-state index in [-0.39, 0.29) is 0 Å². The van der Waals surface area contributed by atoms with Gasteiger partial charge in [-0.3, -0.25) is 0 Å². The van der Waals surface area contributed by atoms with Crippen LogP contribution in [-0.4, -0.2) is 31.3 Å². The summed E-state index contributed by atoms with van der Waals surface area (Å²) in [6, 6.07) is 18.2. The maximum absolute atomic E-state index is 5.48. The predicted octanol–water partition coefficient (Wildman–Crippen LogP) is 5.61. The van der Waals surface area contributed by atoms with Gasteiger partial charge in [-0.25, -0.2) is 4.98 Å². The molecule has 1 heterocycles. The number of methoxy groups -OCH3 is 3. The Labute approximate surface area is 177 Å². The Bertz CT molecular complexity index is 1140. The standard InChI is InChI=1S/C23H21BrN2O3/c1-27-19-12-16(13-20(28-2)22(19)29-3)23-25-18-10-6-8-15(21(18)26-23)11-14-7-4-5-9-17(14)24/h4-10,12-13H,11H2,1-3H3,(H,25,26). The van der Waals surface area contributed by atoms with Gasteiger partial charge in [0.2, 0.25) is 5.75 Å². The van der Waals surface area contributed by atoms with E-state index in [2.05, 4.69) is 39.1 Å². The summed E-state index contributed by atoms with van der Waals surface area (Å²) in [7, 11) is 4.81. The van der Waals surface area contributed by atoms with Gasteiger partial charge in [-0.05, 0) is 35.4 Å². The molecule has 0 unspecified atom stereocenters. The number of fused-ring (bicyclic) bond motifs is 1. The Morgan fingerprint density at radius 2 is 1.55 bits per heavy atom. The summed E-state index contributed by atoms with van der Waals surface area (Å²) in [5.41, 5.74) is 5.18. The van der Waals surface area contributed by atoms with E-state index in [1.807, 2.05) is 36.4 Å². The van der Waals surface area contributed by atoms with Gasteiger partial charge in [-0.2, -0.15) is 0 Å². The van der Waals surface area contributed by atoms with E-state index in [1.54, 1.807) is 21.3 Å². The third-order valence-corrected chi connectivity index (χ3v) is 5.65. The molecule has 0 aliphatic rings. The number of nitrogens with zero attached hydrogens (tertiary/aromatic N) is 1. The lowest BCUT2D eigenvalue weighted by atomic mass is 10.0.